The molecule has 1 aromatic rings. The topological polar surface area (TPSA) is 49.4 Å². The van der Waals surface area contributed by atoms with Crippen LogP contribution < -0.4 is 5.32 Å². The van der Waals surface area contributed by atoms with E-state index in [2.05, 4.69) is 5.32 Å². The molecule has 0 radical (unpaired) electrons. The molecule has 2 fully saturated rings. The average molecular weight is 307 g/mol. The van der Waals surface area contributed by atoms with Crippen molar-refractivity contribution in [2.24, 2.45) is 5.92 Å². The molecular formula is C16H19ClN2O2. The molecule has 1 N–H and O–H groups in total. The molecule has 1 heterocycles. The quantitative estimate of drug-likeness (QED) is 0.925. The maximum Gasteiger partial charge on any atom is 0.225 e. The Hall–Kier alpha value is -1.55. The summed E-state index contributed by atoms with van der Waals surface area (Å²) in [4.78, 5) is 25.9. The van der Waals surface area contributed by atoms with Gasteiger partial charge >= 0.3 is 0 Å². The van der Waals surface area contributed by atoms with Crippen LogP contribution in [-0.2, 0) is 16.0 Å². The van der Waals surface area contributed by atoms with Crippen LogP contribution >= 0.6 is 11.6 Å². The van der Waals surface area contributed by atoms with Gasteiger partial charge in [-0.1, -0.05) is 23.7 Å². The van der Waals surface area contributed by atoms with Crippen molar-refractivity contribution >= 4 is 23.4 Å². The second-order valence-corrected chi connectivity index (χ2v) is 6.35. The van der Waals surface area contributed by atoms with Gasteiger partial charge in [-0.15, -0.1) is 0 Å². The third kappa shape index (κ3) is 3.76. The highest BCUT2D eigenvalue weighted by Crippen LogP contribution is 2.32. The maximum absolute atomic E-state index is 12.0. The van der Waals surface area contributed by atoms with E-state index in [-0.39, 0.29) is 23.8 Å². The Balaban J connectivity index is 1.47. The number of amides is 2. The minimum Gasteiger partial charge on any atom is -0.351 e. The standard InChI is InChI=1S/C16H19ClN2O2/c17-13-5-1-11(2-6-13)9-15(20)18-14-7-8-19(10-14)16(21)12-3-4-12/h1-2,5-6,12,14H,3-4,7-10H2,(H,18,20). The first kappa shape index (κ1) is 14.4. The van der Waals surface area contributed by atoms with Crippen molar-refractivity contribution in [3.8, 4) is 0 Å². The summed E-state index contributed by atoms with van der Waals surface area (Å²) < 4.78 is 0. The number of rotatable bonds is 4. The Kier molecular flexibility index (Phi) is 4.15. The van der Waals surface area contributed by atoms with Crippen LogP contribution in [0.2, 0.25) is 5.02 Å². The highest BCUT2D eigenvalue weighted by atomic mass is 35.5. The lowest BCUT2D eigenvalue weighted by Gasteiger charge is -2.17. The first-order chi connectivity index (χ1) is 10.1. The first-order valence-corrected chi connectivity index (χ1v) is 7.82. The van der Waals surface area contributed by atoms with Gasteiger partial charge in [0.2, 0.25) is 11.8 Å². The fraction of sp³-hybridized carbons (Fsp3) is 0.500. The maximum atomic E-state index is 12.0. The molecular weight excluding hydrogens is 288 g/mol. The average Bonchev–Trinajstić information content (AvgIpc) is 3.21. The van der Waals surface area contributed by atoms with E-state index in [9.17, 15) is 9.59 Å². The summed E-state index contributed by atoms with van der Waals surface area (Å²) in [5.41, 5.74) is 0.945. The van der Waals surface area contributed by atoms with Gasteiger partial charge in [-0.2, -0.15) is 0 Å². The minimum absolute atomic E-state index is 0.00282. The Morgan fingerprint density at radius 2 is 1.90 bits per heavy atom. The molecule has 3 rings (SSSR count). The van der Waals surface area contributed by atoms with Gasteiger partial charge in [-0.25, -0.2) is 0 Å². The van der Waals surface area contributed by atoms with E-state index in [1.807, 2.05) is 17.0 Å². The molecule has 1 aliphatic carbocycles. The summed E-state index contributed by atoms with van der Waals surface area (Å²) in [5, 5.41) is 3.69. The molecule has 2 aliphatic rings. The van der Waals surface area contributed by atoms with Crippen molar-refractivity contribution in [2.75, 3.05) is 13.1 Å². The van der Waals surface area contributed by atoms with Crippen LogP contribution in [0.25, 0.3) is 0 Å². The van der Waals surface area contributed by atoms with Gasteiger partial charge in [-0.05, 0) is 37.0 Å². The fourth-order valence-electron chi connectivity index (χ4n) is 2.73. The van der Waals surface area contributed by atoms with Crippen LogP contribution in [-0.4, -0.2) is 35.8 Å². The van der Waals surface area contributed by atoms with Gasteiger partial charge in [0.15, 0.2) is 0 Å². The Labute approximate surface area is 129 Å². The molecule has 1 aromatic carbocycles. The number of carbonyl (C=O) groups excluding carboxylic acids is 2. The molecule has 1 saturated heterocycles. The summed E-state index contributed by atoms with van der Waals surface area (Å²) in [7, 11) is 0. The zero-order chi connectivity index (χ0) is 14.8. The number of nitrogens with zero attached hydrogens (tertiary/aromatic N) is 1. The number of likely N-dealkylation sites (tertiary alicyclic amines) is 1. The van der Waals surface area contributed by atoms with Gasteiger partial charge < -0.3 is 10.2 Å². The molecule has 5 heteroatoms. The Bertz CT molecular complexity index is 540. The van der Waals surface area contributed by atoms with Gasteiger partial charge in [0, 0.05) is 30.1 Å². The number of hydrogen-bond donors (Lipinski definition) is 1. The van der Waals surface area contributed by atoms with Gasteiger partial charge in [0.25, 0.3) is 0 Å². The summed E-state index contributed by atoms with van der Waals surface area (Å²) in [6.07, 6.45) is 3.26. The number of carbonyl (C=O) groups is 2. The molecule has 0 bridgehead atoms. The van der Waals surface area contributed by atoms with Gasteiger partial charge in [0.05, 0.1) is 6.42 Å². The molecule has 4 nitrogen and oxygen atoms in total. The van der Waals surface area contributed by atoms with Crippen LogP contribution in [0.5, 0.6) is 0 Å². The number of halogens is 1. The van der Waals surface area contributed by atoms with E-state index in [4.69, 9.17) is 11.6 Å². The summed E-state index contributed by atoms with van der Waals surface area (Å²) in [5.74, 6) is 0.529. The van der Waals surface area contributed by atoms with Crippen LogP contribution in [0.3, 0.4) is 0 Å². The first-order valence-electron chi connectivity index (χ1n) is 7.44. The van der Waals surface area contributed by atoms with E-state index >= 15 is 0 Å². The molecule has 1 aliphatic heterocycles. The zero-order valence-corrected chi connectivity index (χ0v) is 12.6. The van der Waals surface area contributed by atoms with E-state index in [1.165, 1.54) is 0 Å². The summed E-state index contributed by atoms with van der Waals surface area (Å²) in [6.45, 7) is 1.42. The third-order valence-electron chi connectivity index (χ3n) is 4.07. The minimum atomic E-state index is 0.00282. The van der Waals surface area contributed by atoms with Gasteiger partial charge in [0.1, 0.15) is 0 Å². The predicted octanol–water partition coefficient (Wildman–Crippen LogP) is 2.01. The number of hydrogen-bond acceptors (Lipinski definition) is 2. The molecule has 0 spiro atoms. The lowest BCUT2D eigenvalue weighted by Crippen LogP contribution is -2.39. The predicted molar refractivity (Wildman–Crippen MR) is 81.0 cm³/mol. The third-order valence-corrected chi connectivity index (χ3v) is 4.32. The van der Waals surface area contributed by atoms with E-state index < -0.39 is 0 Å². The molecule has 1 unspecified atom stereocenters. The van der Waals surface area contributed by atoms with Crippen LogP contribution in [0, 0.1) is 5.92 Å². The highest BCUT2D eigenvalue weighted by Gasteiger charge is 2.36. The molecule has 1 saturated carbocycles. The number of nitrogens with one attached hydrogen (secondary N) is 1. The zero-order valence-electron chi connectivity index (χ0n) is 11.8. The Morgan fingerprint density at radius 1 is 1.19 bits per heavy atom. The number of benzene rings is 1. The van der Waals surface area contributed by atoms with E-state index in [1.54, 1.807) is 12.1 Å². The van der Waals surface area contributed by atoms with E-state index in [0.29, 0.717) is 18.0 Å². The Morgan fingerprint density at radius 3 is 2.57 bits per heavy atom. The largest absolute Gasteiger partial charge is 0.351 e. The molecule has 0 aromatic heterocycles. The highest BCUT2D eigenvalue weighted by molar-refractivity contribution is 6.30. The van der Waals surface area contributed by atoms with Crippen molar-refractivity contribution in [3.05, 3.63) is 34.9 Å². The summed E-state index contributed by atoms with van der Waals surface area (Å²) >= 11 is 5.82. The van der Waals surface area contributed by atoms with Crippen LogP contribution in [0.15, 0.2) is 24.3 Å². The monoisotopic (exact) mass is 306 g/mol. The smallest absolute Gasteiger partial charge is 0.225 e. The van der Waals surface area contributed by atoms with Gasteiger partial charge in [-0.3, -0.25) is 9.59 Å². The second kappa shape index (κ2) is 6.06. The second-order valence-electron chi connectivity index (χ2n) is 5.91. The lowest BCUT2D eigenvalue weighted by atomic mass is 10.1. The van der Waals surface area contributed by atoms with Crippen molar-refractivity contribution in [2.45, 2.75) is 31.7 Å². The SMILES string of the molecule is O=C(Cc1ccc(Cl)cc1)NC1CCN(C(=O)C2CC2)C1. The van der Waals surface area contributed by atoms with Crippen molar-refractivity contribution in [1.82, 2.24) is 10.2 Å². The van der Waals surface area contributed by atoms with Crippen molar-refractivity contribution < 1.29 is 9.59 Å². The molecule has 112 valence electrons. The van der Waals surface area contributed by atoms with Crippen LogP contribution in [0.4, 0.5) is 0 Å². The van der Waals surface area contributed by atoms with E-state index in [0.717, 1.165) is 31.4 Å². The normalized spacial score (nSPS) is 21.4. The van der Waals surface area contributed by atoms with Crippen molar-refractivity contribution in [3.63, 3.8) is 0 Å². The lowest BCUT2D eigenvalue weighted by molar-refractivity contribution is -0.131. The summed E-state index contributed by atoms with van der Waals surface area (Å²) in [6, 6.07) is 7.39. The molecule has 21 heavy (non-hydrogen) atoms. The fourth-order valence-corrected chi connectivity index (χ4v) is 2.86. The van der Waals surface area contributed by atoms with Crippen molar-refractivity contribution in [1.29, 1.82) is 0 Å². The molecule has 1 atom stereocenters. The molecule has 2 amide bonds. The van der Waals surface area contributed by atoms with Crippen LogP contribution in [0.1, 0.15) is 24.8 Å².